The normalized spacial score (nSPS) is 27.4. The van der Waals surface area contributed by atoms with Gasteiger partial charge in [0.2, 0.25) is 11.8 Å². The van der Waals surface area contributed by atoms with Crippen molar-refractivity contribution in [1.29, 1.82) is 0 Å². The summed E-state index contributed by atoms with van der Waals surface area (Å²) in [7, 11) is 1.44. The van der Waals surface area contributed by atoms with Crippen molar-refractivity contribution in [3.05, 3.63) is 29.8 Å². The van der Waals surface area contributed by atoms with Crippen LogP contribution < -0.4 is 10.1 Å². The number of amides is 3. The average Bonchev–Trinajstić information content (AvgIpc) is 3.31. The summed E-state index contributed by atoms with van der Waals surface area (Å²) in [4.78, 5) is 47.4. The predicted octanol–water partition coefficient (Wildman–Crippen LogP) is 1.33. The van der Waals surface area contributed by atoms with Gasteiger partial charge in [-0.3, -0.25) is 19.6 Å². The van der Waals surface area contributed by atoms with E-state index in [1.165, 1.54) is 18.1 Å². The third-order valence-electron chi connectivity index (χ3n) is 9.80. The van der Waals surface area contributed by atoms with Crippen LogP contribution in [0.1, 0.15) is 42.6 Å². The number of methoxy groups -OCH3 is 1. The number of halogens is 1. The van der Waals surface area contributed by atoms with Gasteiger partial charge in [0.25, 0.3) is 5.91 Å². The lowest BCUT2D eigenvalue weighted by molar-refractivity contribution is -0.261. The van der Waals surface area contributed by atoms with Gasteiger partial charge in [0.15, 0.2) is 5.82 Å². The number of carbonyl (C=O) groups excluding carboxylic acids is 2. The van der Waals surface area contributed by atoms with E-state index in [4.69, 9.17) is 9.47 Å². The molecule has 0 bridgehead atoms. The fraction of sp³-hybridized carbons (Fsp3) is 0.607. The Morgan fingerprint density at radius 2 is 2.02 bits per heavy atom. The molecule has 224 valence electrons. The summed E-state index contributed by atoms with van der Waals surface area (Å²) in [5.74, 6) is -0.657. The molecule has 2 spiro atoms. The van der Waals surface area contributed by atoms with Crippen molar-refractivity contribution in [2.45, 2.75) is 55.3 Å². The highest BCUT2D eigenvalue weighted by atomic mass is 19.1. The third kappa shape index (κ3) is 4.47. The van der Waals surface area contributed by atoms with E-state index in [0.717, 1.165) is 38.5 Å². The zero-order valence-corrected chi connectivity index (χ0v) is 23.3. The zero-order chi connectivity index (χ0) is 29.2. The van der Waals surface area contributed by atoms with Crippen LogP contribution in [0.25, 0.3) is 11.3 Å². The first-order valence-electron chi connectivity index (χ1n) is 14.4. The van der Waals surface area contributed by atoms with Crippen LogP contribution >= 0.6 is 0 Å². The Balaban J connectivity index is 0.943. The summed E-state index contributed by atoms with van der Waals surface area (Å²) >= 11 is 0. The van der Waals surface area contributed by atoms with Crippen LogP contribution in [0.15, 0.2) is 18.3 Å². The van der Waals surface area contributed by atoms with Crippen molar-refractivity contribution >= 4 is 17.9 Å². The van der Waals surface area contributed by atoms with Crippen molar-refractivity contribution in [3.8, 4) is 17.1 Å². The van der Waals surface area contributed by atoms with Gasteiger partial charge in [-0.05, 0) is 38.2 Å². The first-order chi connectivity index (χ1) is 20.2. The van der Waals surface area contributed by atoms with E-state index in [1.54, 1.807) is 6.07 Å². The number of nitrogens with one attached hydrogen (secondary N) is 2. The second-order valence-electron chi connectivity index (χ2n) is 12.3. The van der Waals surface area contributed by atoms with Gasteiger partial charge in [0, 0.05) is 48.8 Å². The molecule has 5 aliphatic rings. The monoisotopic (exact) mass is 583 g/mol. The molecule has 1 aliphatic carbocycles. The molecule has 3 N–H and O–H groups in total. The number of nitrogens with zero attached hydrogens (tertiary/aromatic N) is 5. The summed E-state index contributed by atoms with van der Waals surface area (Å²) in [5.41, 5.74) is 0.0112. The van der Waals surface area contributed by atoms with Crippen molar-refractivity contribution < 1.29 is 33.4 Å². The Bertz CT molecular complexity index is 1420. The van der Waals surface area contributed by atoms with Gasteiger partial charge in [0.1, 0.15) is 11.3 Å². The highest BCUT2D eigenvalue weighted by Crippen LogP contribution is 2.50. The Hall–Kier alpha value is -3.78. The number of aromatic nitrogens is 3. The van der Waals surface area contributed by atoms with Crippen LogP contribution in [0.2, 0.25) is 0 Å². The van der Waals surface area contributed by atoms with Crippen molar-refractivity contribution in [1.82, 2.24) is 35.2 Å². The number of piperidine rings is 1. The molecule has 2 aromatic rings. The van der Waals surface area contributed by atoms with Gasteiger partial charge >= 0.3 is 6.09 Å². The fourth-order valence-electron chi connectivity index (χ4n) is 7.17. The first-order valence-corrected chi connectivity index (χ1v) is 14.4. The van der Waals surface area contributed by atoms with E-state index in [-0.39, 0.29) is 58.2 Å². The molecule has 4 saturated heterocycles. The maximum Gasteiger partial charge on any atom is 0.407 e. The average molecular weight is 584 g/mol. The molecule has 6 heterocycles. The molecule has 3 amide bonds. The number of ether oxygens (including phenoxy) is 2. The number of pyridine rings is 1. The highest BCUT2D eigenvalue weighted by Gasteiger charge is 2.60. The summed E-state index contributed by atoms with van der Waals surface area (Å²) in [5, 5.41) is 19.4. The van der Waals surface area contributed by atoms with E-state index in [9.17, 15) is 23.9 Å². The quantitative estimate of drug-likeness (QED) is 0.457. The number of aromatic amines is 1. The minimum absolute atomic E-state index is 0.0337. The minimum atomic E-state index is -0.918. The molecule has 5 fully saturated rings. The fourth-order valence-corrected chi connectivity index (χ4v) is 7.17. The lowest BCUT2D eigenvalue weighted by Crippen LogP contribution is -2.79. The third-order valence-corrected chi connectivity index (χ3v) is 9.80. The molecule has 3 atom stereocenters. The van der Waals surface area contributed by atoms with E-state index in [1.807, 2.05) is 4.90 Å². The van der Waals surface area contributed by atoms with Crippen LogP contribution in [0.3, 0.4) is 0 Å². The number of carboxylic acid groups (broad SMARTS) is 1. The van der Waals surface area contributed by atoms with Crippen molar-refractivity contribution in [3.63, 3.8) is 0 Å². The molecule has 42 heavy (non-hydrogen) atoms. The SMILES string of the molecule is COc1cc(-c2cc(C(=O)N3CC[C@H](C(=O)NC4CCN(C5COC56CN(C(=O)O)C6)C4)CC34CC4)[nH]n2)c(F)cn1. The molecule has 13 nitrogen and oxygen atoms in total. The zero-order valence-electron chi connectivity index (χ0n) is 23.3. The van der Waals surface area contributed by atoms with Gasteiger partial charge < -0.3 is 29.7 Å². The van der Waals surface area contributed by atoms with Crippen molar-refractivity contribution in [2.75, 3.05) is 46.4 Å². The Kier molecular flexibility index (Phi) is 6.38. The van der Waals surface area contributed by atoms with Gasteiger partial charge in [-0.1, -0.05) is 0 Å². The van der Waals surface area contributed by atoms with E-state index in [0.29, 0.717) is 39.1 Å². The molecule has 1 saturated carbocycles. The number of rotatable bonds is 6. The topological polar surface area (TPSA) is 153 Å². The molecular weight excluding hydrogens is 549 g/mol. The van der Waals surface area contributed by atoms with Crippen LogP contribution in [-0.2, 0) is 9.53 Å². The number of carbonyl (C=O) groups is 3. The van der Waals surface area contributed by atoms with Crippen molar-refractivity contribution in [2.24, 2.45) is 5.92 Å². The number of likely N-dealkylation sites (tertiary alicyclic amines) is 3. The smallest absolute Gasteiger partial charge is 0.407 e. The second kappa shape index (κ2) is 9.90. The maximum absolute atomic E-state index is 14.4. The van der Waals surface area contributed by atoms with Gasteiger partial charge in [-0.25, -0.2) is 14.2 Å². The first kappa shape index (κ1) is 27.1. The standard InChI is InChI=1S/C28H34FN7O6/c1-41-23-8-18(19(29)11-30-23)20-9-21(33-32-20)25(38)36-7-2-16(10-27(36)4-5-27)24(37)31-17-3-6-34(12-17)22-13-42-28(22)14-35(15-28)26(39)40/h8-9,11,16-17,22H,2-7,10,12-15H2,1H3,(H,31,37)(H,32,33)(H,39,40)/t16-,17?,22?/m0/s1. The lowest BCUT2D eigenvalue weighted by atomic mass is 9.81. The van der Waals surface area contributed by atoms with Crippen LogP contribution in [-0.4, -0.2) is 123 Å². The molecular formula is C28H34FN7O6. The number of hydrogen-bond acceptors (Lipinski definition) is 8. The molecule has 7 rings (SSSR count). The molecule has 4 aliphatic heterocycles. The molecule has 0 radical (unpaired) electrons. The Morgan fingerprint density at radius 1 is 1.21 bits per heavy atom. The van der Waals surface area contributed by atoms with E-state index in [2.05, 4.69) is 25.4 Å². The molecule has 2 aromatic heterocycles. The number of H-pyrrole nitrogens is 1. The van der Waals surface area contributed by atoms with Crippen LogP contribution in [0.5, 0.6) is 5.88 Å². The molecule has 14 heteroatoms. The van der Waals surface area contributed by atoms with E-state index >= 15 is 0 Å². The minimum Gasteiger partial charge on any atom is -0.481 e. The van der Waals surface area contributed by atoms with Gasteiger partial charge in [-0.15, -0.1) is 0 Å². The van der Waals surface area contributed by atoms with Crippen LogP contribution in [0.4, 0.5) is 9.18 Å². The Morgan fingerprint density at radius 3 is 2.71 bits per heavy atom. The largest absolute Gasteiger partial charge is 0.481 e. The number of hydrogen-bond donors (Lipinski definition) is 3. The van der Waals surface area contributed by atoms with Gasteiger partial charge in [0.05, 0.1) is 44.7 Å². The van der Waals surface area contributed by atoms with E-state index < -0.39 is 17.5 Å². The highest BCUT2D eigenvalue weighted by molar-refractivity contribution is 5.94. The lowest BCUT2D eigenvalue weighted by Gasteiger charge is -2.61. The van der Waals surface area contributed by atoms with Crippen LogP contribution in [0, 0.1) is 11.7 Å². The summed E-state index contributed by atoms with van der Waals surface area (Å²) in [6.07, 6.45) is 3.85. The summed E-state index contributed by atoms with van der Waals surface area (Å²) < 4.78 is 25.3. The molecule has 2 unspecified atom stereocenters. The predicted molar refractivity (Wildman–Crippen MR) is 144 cm³/mol. The summed E-state index contributed by atoms with van der Waals surface area (Å²) in [6.45, 7) is 3.41. The summed E-state index contributed by atoms with van der Waals surface area (Å²) in [6, 6.07) is 3.20. The maximum atomic E-state index is 14.4. The van der Waals surface area contributed by atoms with Gasteiger partial charge in [-0.2, -0.15) is 5.10 Å². The Labute approximate surface area is 241 Å². The molecule has 0 aromatic carbocycles. The second-order valence-corrected chi connectivity index (χ2v) is 12.3.